The van der Waals surface area contributed by atoms with Crippen molar-refractivity contribution in [2.45, 2.75) is 12.6 Å². The van der Waals surface area contributed by atoms with Crippen molar-refractivity contribution in [1.29, 1.82) is 5.26 Å². The first kappa shape index (κ1) is 22.6. The second-order valence-electron chi connectivity index (χ2n) is 7.39. The summed E-state index contributed by atoms with van der Waals surface area (Å²) in [6.07, 6.45) is -2.58. The highest BCUT2D eigenvalue weighted by Gasteiger charge is 2.37. The smallest absolute Gasteiger partial charge is 0.354 e. The molecule has 3 aromatic rings. The van der Waals surface area contributed by atoms with E-state index in [0.717, 1.165) is 10.7 Å². The summed E-state index contributed by atoms with van der Waals surface area (Å²) >= 11 is 6.18. The number of alkyl halides is 3. The predicted octanol–water partition coefficient (Wildman–Crippen LogP) is 4.16. The van der Waals surface area contributed by atoms with E-state index >= 15 is 0 Å². The van der Waals surface area contributed by atoms with Gasteiger partial charge in [-0.15, -0.1) is 0 Å². The van der Waals surface area contributed by atoms with Gasteiger partial charge in [-0.1, -0.05) is 23.7 Å². The minimum Gasteiger partial charge on any atom is -0.354 e. The lowest BCUT2D eigenvalue weighted by atomic mass is 10.2. The Morgan fingerprint density at radius 1 is 1.09 bits per heavy atom. The zero-order chi connectivity index (χ0) is 23.6. The Bertz CT molecular complexity index is 1220. The fraction of sp³-hybridized carbons (Fsp3) is 0.273. The van der Waals surface area contributed by atoms with Crippen molar-refractivity contribution in [3.8, 4) is 11.8 Å². The average Bonchev–Trinajstić information content (AvgIpc) is 3.11. The molecule has 0 aliphatic carbocycles. The Kier molecular flexibility index (Phi) is 6.24. The van der Waals surface area contributed by atoms with Crippen molar-refractivity contribution in [2.75, 3.05) is 31.1 Å². The maximum Gasteiger partial charge on any atom is 0.435 e. The summed E-state index contributed by atoms with van der Waals surface area (Å²) in [5, 5.41) is 13.2. The van der Waals surface area contributed by atoms with Crippen LogP contribution in [0.2, 0.25) is 5.02 Å². The monoisotopic (exact) mass is 474 g/mol. The molecule has 0 radical (unpaired) electrons. The van der Waals surface area contributed by atoms with Crippen LogP contribution in [0.15, 0.2) is 48.7 Å². The summed E-state index contributed by atoms with van der Waals surface area (Å²) < 4.78 is 41.2. The van der Waals surface area contributed by atoms with E-state index in [4.69, 9.17) is 11.6 Å². The molecule has 1 fully saturated rings. The standard InChI is InChI=1S/C22H18ClF3N6O/c23-16-6-1-2-7-17(16)32-18(13-19(29-32)22(24,25)26)21(33)31-10-4-9-30(11-12-31)20-15(14-27)5-3-8-28-20/h1-3,5-8,13H,4,9-12H2. The van der Waals surface area contributed by atoms with Crippen LogP contribution in [0.5, 0.6) is 0 Å². The summed E-state index contributed by atoms with van der Waals surface area (Å²) in [4.78, 5) is 21.0. The molecule has 0 spiro atoms. The van der Waals surface area contributed by atoms with Crippen LogP contribution in [0.3, 0.4) is 0 Å². The van der Waals surface area contributed by atoms with Crippen LogP contribution in [0.1, 0.15) is 28.2 Å². The molecule has 7 nitrogen and oxygen atoms in total. The number of hydrogen-bond acceptors (Lipinski definition) is 5. The highest BCUT2D eigenvalue weighted by molar-refractivity contribution is 6.32. The van der Waals surface area contributed by atoms with Gasteiger partial charge in [0, 0.05) is 38.4 Å². The van der Waals surface area contributed by atoms with Crippen LogP contribution in [-0.4, -0.2) is 51.8 Å². The van der Waals surface area contributed by atoms with E-state index < -0.39 is 17.8 Å². The predicted molar refractivity (Wildman–Crippen MR) is 115 cm³/mol. The van der Waals surface area contributed by atoms with Gasteiger partial charge in [-0.2, -0.15) is 23.5 Å². The van der Waals surface area contributed by atoms with Gasteiger partial charge in [0.2, 0.25) is 0 Å². The number of benzene rings is 1. The fourth-order valence-corrected chi connectivity index (χ4v) is 3.93. The molecule has 0 bridgehead atoms. The number of hydrogen-bond donors (Lipinski definition) is 0. The van der Waals surface area contributed by atoms with E-state index in [1.165, 1.54) is 17.0 Å². The number of aromatic nitrogens is 3. The number of halogens is 4. The van der Waals surface area contributed by atoms with Gasteiger partial charge >= 0.3 is 6.18 Å². The molecule has 0 unspecified atom stereocenters. The molecular formula is C22H18ClF3N6O. The van der Waals surface area contributed by atoms with Crippen LogP contribution in [0.4, 0.5) is 19.0 Å². The van der Waals surface area contributed by atoms with E-state index in [2.05, 4.69) is 16.2 Å². The van der Waals surface area contributed by atoms with Crippen molar-refractivity contribution in [2.24, 2.45) is 0 Å². The van der Waals surface area contributed by atoms with Gasteiger partial charge in [0.15, 0.2) is 5.69 Å². The molecule has 0 N–H and O–H groups in total. The second kappa shape index (κ2) is 9.11. The summed E-state index contributed by atoms with van der Waals surface area (Å²) in [7, 11) is 0. The number of pyridine rings is 1. The molecule has 0 saturated carbocycles. The fourth-order valence-electron chi connectivity index (χ4n) is 3.71. The zero-order valence-corrected chi connectivity index (χ0v) is 18.0. The van der Waals surface area contributed by atoms with E-state index in [0.29, 0.717) is 37.4 Å². The van der Waals surface area contributed by atoms with Crippen molar-refractivity contribution >= 4 is 23.3 Å². The Morgan fingerprint density at radius 2 is 1.88 bits per heavy atom. The number of nitriles is 1. The number of nitrogens with zero attached hydrogens (tertiary/aromatic N) is 6. The molecular weight excluding hydrogens is 457 g/mol. The van der Waals surface area contributed by atoms with Gasteiger partial charge in [0.25, 0.3) is 5.91 Å². The molecule has 1 saturated heterocycles. The molecule has 33 heavy (non-hydrogen) atoms. The lowest BCUT2D eigenvalue weighted by Crippen LogP contribution is -2.36. The Hall–Kier alpha value is -3.58. The summed E-state index contributed by atoms with van der Waals surface area (Å²) in [5.41, 5.74) is -0.792. The van der Waals surface area contributed by atoms with Gasteiger partial charge in [-0.3, -0.25) is 4.79 Å². The number of rotatable bonds is 3. The maximum absolute atomic E-state index is 13.4. The highest BCUT2D eigenvalue weighted by Crippen LogP contribution is 2.31. The van der Waals surface area contributed by atoms with Crippen LogP contribution >= 0.6 is 11.6 Å². The molecule has 0 atom stereocenters. The molecule has 2 aromatic heterocycles. The largest absolute Gasteiger partial charge is 0.435 e. The van der Waals surface area contributed by atoms with Crippen LogP contribution < -0.4 is 4.90 Å². The van der Waals surface area contributed by atoms with Crippen LogP contribution in [0, 0.1) is 11.3 Å². The number of amides is 1. The van der Waals surface area contributed by atoms with Crippen molar-refractivity contribution in [3.05, 3.63) is 70.6 Å². The molecule has 4 rings (SSSR count). The van der Waals surface area contributed by atoms with Gasteiger partial charge in [0.1, 0.15) is 17.6 Å². The van der Waals surface area contributed by atoms with Gasteiger partial charge in [-0.25, -0.2) is 9.67 Å². The normalized spacial score (nSPS) is 14.6. The van der Waals surface area contributed by atoms with Gasteiger partial charge in [-0.05, 0) is 30.7 Å². The first-order valence-corrected chi connectivity index (χ1v) is 10.5. The number of carbonyl (C=O) groups excluding carboxylic acids is 1. The molecule has 170 valence electrons. The van der Waals surface area contributed by atoms with Crippen molar-refractivity contribution < 1.29 is 18.0 Å². The van der Waals surface area contributed by atoms with E-state index in [1.54, 1.807) is 30.5 Å². The van der Waals surface area contributed by atoms with Crippen LogP contribution in [-0.2, 0) is 6.18 Å². The molecule has 1 amide bonds. The first-order chi connectivity index (χ1) is 15.8. The minimum atomic E-state index is -4.72. The number of carbonyl (C=O) groups is 1. The quantitative estimate of drug-likeness (QED) is 0.569. The van der Waals surface area contributed by atoms with Crippen LogP contribution in [0.25, 0.3) is 5.69 Å². The third-order valence-electron chi connectivity index (χ3n) is 5.29. The molecule has 3 heterocycles. The topological polar surface area (TPSA) is 78.1 Å². The maximum atomic E-state index is 13.4. The Labute approximate surface area is 192 Å². The Morgan fingerprint density at radius 3 is 2.61 bits per heavy atom. The third-order valence-corrected chi connectivity index (χ3v) is 5.61. The van der Waals surface area contributed by atoms with Crippen molar-refractivity contribution in [3.63, 3.8) is 0 Å². The number of para-hydroxylation sites is 1. The SMILES string of the molecule is N#Cc1cccnc1N1CCCN(C(=O)c2cc(C(F)(F)F)nn2-c2ccccc2Cl)CC1. The molecule has 1 aliphatic rings. The lowest BCUT2D eigenvalue weighted by molar-refractivity contribution is -0.141. The summed E-state index contributed by atoms with van der Waals surface area (Å²) in [6.45, 7) is 1.51. The Balaban J connectivity index is 1.64. The summed E-state index contributed by atoms with van der Waals surface area (Å²) in [5.74, 6) is -0.0592. The number of anilines is 1. The highest BCUT2D eigenvalue weighted by atomic mass is 35.5. The second-order valence-corrected chi connectivity index (χ2v) is 7.80. The van der Waals surface area contributed by atoms with Crippen molar-refractivity contribution in [1.82, 2.24) is 19.7 Å². The van der Waals surface area contributed by atoms with Gasteiger partial charge in [0.05, 0.1) is 16.3 Å². The average molecular weight is 475 g/mol. The van der Waals surface area contributed by atoms with E-state index in [9.17, 15) is 23.2 Å². The van der Waals surface area contributed by atoms with E-state index in [1.807, 2.05) is 4.90 Å². The summed E-state index contributed by atoms with van der Waals surface area (Å²) in [6, 6.07) is 12.5. The molecule has 11 heteroatoms. The third kappa shape index (κ3) is 4.64. The first-order valence-electron chi connectivity index (χ1n) is 10.1. The zero-order valence-electron chi connectivity index (χ0n) is 17.3. The van der Waals surface area contributed by atoms with Gasteiger partial charge < -0.3 is 9.80 Å². The molecule has 1 aromatic carbocycles. The van der Waals surface area contributed by atoms with E-state index in [-0.39, 0.29) is 22.9 Å². The lowest BCUT2D eigenvalue weighted by Gasteiger charge is -2.23. The molecule has 1 aliphatic heterocycles. The minimum absolute atomic E-state index is 0.171.